The third kappa shape index (κ3) is 1.46. The van der Waals surface area contributed by atoms with E-state index in [9.17, 15) is 4.79 Å². The van der Waals surface area contributed by atoms with Crippen LogP contribution in [0.5, 0.6) is 0 Å². The van der Waals surface area contributed by atoms with E-state index in [0.717, 1.165) is 24.1 Å². The lowest BCUT2D eigenvalue weighted by Crippen LogP contribution is -2.23. The minimum Gasteiger partial charge on any atom is -0.330 e. The van der Waals surface area contributed by atoms with E-state index in [2.05, 4.69) is 5.10 Å². The van der Waals surface area contributed by atoms with Crippen molar-refractivity contribution in [2.24, 2.45) is 18.7 Å². The SMILES string of the molecule is Cn1ncc2c1CC(CCN)CC2=O. The summed E-state index contributed by atoms with van der Waals surface area (Å²) in [5, 5.41) is 4.11. The molecule has 0 saturated carbocycles. The number of rotatable bonds is 2. The van der Waals surface area contributed by atoms with Crippen molar-refractivity contribution in [1.82, 2.24) is 9.78 Å². The Morgan fingerprint density at radius 1 is 1.64 bits per heavy atom. The summed E-state index contributed by atoms with van der Waals surface area (Å²) in [4.78, 5) is 11.7. The van der Waals surface area contributed by atoms with Crippen LogP contribution in [0.15, 0.2) is 6.20 Å². The number of Topliss-reactive ketones (excluding diaryl/α,β-unsaturated/α-hetero) is 1. The molecule has 1 aromatic heterocycles. The van der Waals surface area contributed by atoms with Crippen LogP contribution in [0.2, 0.25) is 0 Å². The van der Waals surface area contributed by atoms with Crippen molar-refractivity contribution in [3.63, 3.8) is 0 Å². The zero-order valence-corrected chi connectivity index (χ0v) is 8.36. The van der Waals surface area contributed by atoms with Gasteiger partial charge in [0.05, 0.1) is 11.8 Å². The number of hydrogen-bond acceptors (Lipinski definition) is 3. The molecular formula is C10H15N3O. The van der Waals surface area contributed by atoms with Crippen molar-refractivity contribution < 1.29 is 4.79 Å². The average molecular weight is 193 g/mol. The van der Waals surface area contributed by atoms with E-state index in [1.807, 2.05) is 7.05 Å². The summed E-state index contributed by atoms with van der Waals surface area (Å²) in [6, 6.07) is 0. The maximum absolute atomic E-state index is 11.7. The number of aryl methyl sites for hydroxylation is 1. The number of carbonyl (C=O) groups is 1. The summed E-state index contributed by atoms with van der Waals surface area (Å²) in [5.41, 5.74) is 7.38. The van der Waals surface area contributed by atoms with Crippen LogP contribution in [-0.4, -0.2) is 22.1 Å². The molecule has 76 valence electrons. The van der Waals surface area contributed by atoms with E-state index in [-0.39, 0.29) is 5.78 Å². The summed E-state index contributed by atoms with van der Waals surface area (Å²) >= 11 is 0. The fourth-order valence-corrected chi connectivity index (χ4v) is 2.10. The lowest BCUT2D eigenvalue weighted by atomic mass is 9.85. The maximum atomic E-state index is 11.7. The van der Waals surface area contributed by atoms with Gasteiger partial charge in [-0.15, -0.1) is 0 Å². The second-order valence-electron chi connectivity index (χ2n) is 3.90. The van der Waals surface area contributed by atoms with Gasteiger partial charge in [0.15, 0.2) is 5.78 Å². The van der Waals surface area contributed by atoms with Gasteiger partial charge in [-0.25, -0.2) is 0 Å². The molecule has 4 heteroatoms. The van der Waals surface area contributed by atoms with Crippen LogP contribution < -0.4 is 5.73 Å². The largest absolute Gasteiger partial charge is 0.330 e. The molecule has 0 amide bonds. The number of nitrogens with zero attached hydrogens (tertiary/aromatic N) is 2. The van der Waals surface area contributed by atoms with Crippen LogP contribution in [-0.2, 0) is 13.5 Å². The van der Waals surface area contributed by atoms with Crippen LogP contribution in [0.4, 0.5) is 0 Å². The molecule has 1 heterocycles. The minimum atomic E-state index is 0.220. The number of nitrogens with two attached hydrogens (primary N) is 1. The molecule has 0 saturated heterocycles. The molecule has 1 aromatic rings. The zero-order valence-electron chi connectivity index (χ0n) is 8.36. The fraction of sp³-hybridized carbons (Fsp3) is 0.600. The topological polar surface area (TPSA) is 60.9 Å². The molecule has 0 aromatic carbocycles. The summed E-state index contributed by atoms with van der Waals surface area (Å²) in [5.74, 6) is 0.633. The van der Waals surface area contributed by atoms with Crippen molar-refractivity contribution in [3.05, 3.63) is 17.5 Å². The molecule has 1 atom stereocenters. The molecule has 0 aliphatic heterocycles. The molecule has 0 fully saturated rings. The Bertz CT molecular complexity index is 356. The summed E-state index contributed by atoms with van der Waals surface area (Å²) in [6.07, 6.45) is 4.18. The standard InChI is InChI=1S/C10H15N3O/c1-13-9-4-7(2-3-11)5-10(14)8(9)6-12-13/h6-7H,2-5,11H2,1H3. The van der Waals surface area contributed by atoms with Gasteiger partial charge in [0.25, 0.3) is 0 Å². The van der Waals surface area contributed by atoms with Crippen LogP contribution in [0.1, 0.15) is 28.9 Å². The van der Waals surface area contributed by atoms with Gasteiger partial charge in [-0.1, -0.05) is 0 Å². The van der Waals surface area contributed by atoms with Gasteiger partial charge in [-0.05, 0) is 25.3 Å². The number of hydrogen-bond donors (Lipinski definition) is 1. The Kier molecular flexibility index (Phi) is 2.37. The predicted molar refractivity (Wildman–Crippen MR) is 53.0 cm³/mol. The Balaban J connectivity index is 2.26. The molecule has 0 radical (unpaired) electrons. The van der Waals surface area contributed by atoms with Crippen molar-refractivity contribution in [2.45, 2.75) is 19.3 Å². The van der Waals surface area contributed by atoms with Gasteiger partial charge in [0.1, 0.15) is 0 Å². The molecule has 2 rings (SSSR count). The fourth-order valence-electron chi connectivity index (χ4n) is 2.10. The van der Waals surface area contributed by atoms with E-state index in [0.29, 0.717) is 18.9 Å². The van der Waals surface area contributed by atoms with Crippen LogP contribution in [0.25, 0.3) is 0 Å². The first-order valence-corrected chi connectivity index (χ1v) is 4.96. The number of aromatic nitrogens is 2. The molecule has 1 aliphatic rings. The first-order valence-electron chi connectivity index (χ1n) is 4.96. The lowest BCUT2D eigenvalue weighted by molar-refractivity contribution is 0.0946. The van der Waals surface area contributed by atoms with Gasteiger partial charge in [0, 0.05) is 19.2 Å². The van der Waals surface area contributed by atoms with E-state index in [4.69, 9.17) is 5.73 Å². The van der Waals surface area contributed by atoms with Crippen molar-refractivity contribution in [3.8, 4) is 0 Å². The predicted octanol–water partition coefficient (Wildman–Crippen LogP) is 0.514. The van der Waals surface area contributed by atoms with Crippen molar-refractivity contribution in [2.75, 3.05) is 6.54 Å². The highest BCUT2D eigenvalue weighted by Gasteiger charge is 2.27. The molecule has 2 N–H and O–H groups in total. The minimum absolute atomic E-state index is 0.220. The summed E-state index contributed by atoms with van der Waals surface area (Å²) in [7, 11) is 1.89. The Labute approximate surface area is 83.1 Å². The zero-order chi connectivity index (χ0) is 10.1. The third-order valence-corrected chi connectivity index (χ3v) is 2.89. The lowest BCUT2D eigenvalue weighted by Gasteiger charge is -2.20. The highest BCUT2D eigenvalue weighted by molar-refractivity contribution is 5.98. The molecule has 14 heavy (non-hydrogen) atoms. The first kappa shape index (κ1) is 9.40. The monoisotopic (exact) mass is 193 g/mol. The highest BCUT2D eigenvalue weighted by Crippen LogP contribution is 2.26. The Morgan fingerprint density at radius 3 is 3.14 bits per heavy atom. The molecule has 1 aliphatic carbocycles. The van der Waals surface area contributed by atoms with Crippen LogP contribution in [0, 0.1) is 5.92 Å². The molecule has 1 unspecified atom stereocenters. The normalized spacial score (nSPS) is 21.0. The van der Waals surface area contributed by atoms with E-state index in [1.54, 1.807) is 10.9 Å². The van der Waals surface area contributed by atoms with Crippen LogP contribution >= 0.6 is 0 Å². The van der Waals surface area contributed by atoms with Gasteiger partial charge in [0.2, 0.25) is 0 Å². The van der Waals surface area contributed by atoms with Crippen LogP contribution in [0.3, 0.4) is 0 Å². The average Bonchev–Trinajstić information content (AvgIpc) is 2.49. The second kappa shape index (κ2) is 3.53. The summed E-state index contributed by atoms with van der Waals surface area (Å²) < 4.78 is 1.80. The third-order valence-electron chi connectivity index (χ3n) is 2.89. The van der Waals surface area contributed by atoms with Gasteiger partial charge in [-0.3, -0.25) is 9.48 Å². The molecule has 0 bridgehead atoms. The molecule has 4 nitrogen and oxygen atoms in total. The first-order chi connectivity index (χ1) is 6.72. The molecule has 0 spiro atoms. The van der Waals surface area contributed by atoms with Gasteiger partial charge < -0.3 is 5.73 Å². The smallest absolute Gasteiger partial charge is 0.166 e. The Morgan fingerprint density at radius 2 is 2.43 bits per heavy atom. The quantitative estimate of drug-likeness (QED) is 0.744. The Hall–Kier alpha value is -1.16. The van der Waals surface area contributed by atoms with Gasteiger partial charge >= 0.3 is 0 Å². The van der Waals surface area contributed by atoms with E-state index < -0.39 is 0 Å². The van der Waals surface area contributed by atoms with Crippen molar-refractivity contribution in [1.29, 1.82) is 0 Å². The number of carbonyl (C=O) groups excluding carboxylic acids is 1. The van der Waals surface area contributed by atoms with E-state index in [1.165, 1.54) is 0 Å². The highest BCUT2D eigenvalue weighted by atomic mass is 16.1. The van der Waals surface area contributed by atoms with Gasteiger partial charge in [-0.2, -0.15) is 5.10 Å². The van der Waals surface area contributed by atoms with Crippen molar-refractivity contribution >= 4 is 5.78 Å². The summed E-state index contributed by atoms with van der Waals surface area (Å²) in [6.45, 7) is 0.658. The molecular weight excluding hydrogens is 178 g/mol. The number of fused-ring (bicyclic) bond motifs is 1. The second-order valence-corrected chi connectivity index (χ2v) is 3.90. The maximum Gasteiger partial charge on any atom is 0.166 e. The number of ketones is 1. The van der Waals surface area contributed by atoms with E-state index >= 15 is 0 Å².